The number of benzene rings is 2. The van der Waals surface area contributed by atoms with Crippen LogP contribution in [0.25, 0.3) is 6.08 Å². The molecular weight excluding hydrogens is 453 g/mol. The lowest BCUT2D eigenvalue weighted by Gasteiger charge is -2.08. The minimum absolute atomic E-state index is 0.0463. The van der Waals surface area contributed by atoms with Crippen molar-refractivity contribution in [3.05, 3.63) is 55.3 Å². The van der Waals surface area contributed by atoms with Gasteiger partial charge >= 0.3 is 0 Å². The summed E-state index contributed by atoms with van der Waals surface area (Å²) in [4.78, 5) is -0.796. The summed E-state index contributed by atoms with van der Waals surface area (Å²) < 4.78 is 30.7. The van der Waals surface area contributed by atoms with Gasteiger partial charge in [0, 0.05) is 5.02 Å². The lowest BCUT2D eigenvalue weighted by atomic mass is 10.2. The molecule has 0 heterocycles. The minimum atomic E-state index is -4.18. The van der Waals surface area contributed by atoms with Gasteiger partial charge in [0.25, 0.3) is 0 Å². The molecule has 0 atom stereocenters. The molecule has 2 aromatic rings. The zero-order chi connectivity index (χ0) is 18.8. The fraction of sp³-hybridized carbons (Fsp3) is 0.0625. The second-order valence-electron chi connectivity index (χ2n) is 4.75. The van der Waals surface area contributed by atoms with Crippen LogP contribution in [0, 0.1) is 11.3 Å². The van der Waals surface area contributed by atoms with E-state index in [0.29, 0.717) is 5.56 Å². The number of rotatable bonds is 4. The van der Waals surface area contributed by atoms with E-state index in [-0.39, 0.29) is 30.9 Å². The number of nitrogens with zero attached hydrogens (tertiary/aromatic N) is 1. The Balaban J connectivity index is 2.64. The van der Waals surface area contributed by atoms with E-state index < -0.39 is 14.7 Å². The van der Waals surface area contributed by atoms with E-state index in [4.69, 9.17) is 27.9 Å². The van der Waals surface area contributed by atoms with Crippen molar-refractivity contribution < 1.29 is 18.3 Å². The number of halogens is 3. The van der Waals surface area contributed by atoms with Crippen molar-refractivity contribution in [2.45, 2.75) is 4.90 Å². The molecule has 1 N–H and O–H groups in total. The van der Waals surface area contributed by atoms with Crippen LogP contribution in [0.4, 0.5) is 0 Å². The summed E-state index contributed by atoms with van der Waals surface area (Å²) in [5.74, 6) is -0.0185. The molecule has 25 heavy (non-hydrogen) atoms. The highest BCUT2D eigenvalue weighted by molar-refractivity contribution is 9.10. The summed E-state index contributed by atoms with van der Waals surface area (Å²) in [7, 11) is -2.83. The van der Waals surface area contributed by atoms with Crippen LogP contribution in [-0.4, -0.2) is 20.6 Å². The first-order valence-corrected chi connectivity index (χ1v) is 9.62. The maximum Gasteiger partial charge on any atom is 0.218 e. The number of methoxy groups -OCH3 is 1. The van der Waals surface area contributed by atoms with E-state index >= 15 is 0 Å². The van der Waals surface area contributed by atoms with Crippen molar-refractivity contribution >= 4 is 55.0 Å². The monoisotopic (exact) mass is 461 g/mol. The summed E-state index contributed by atoms with van der Waals surface area (Å²) in [6.07, 6.45) is 1.15. The maximum atomic E-state index is 12.7. The zero-order valence-electron chi connectivity index (χ0n) is 12.6. The molecule has 9 heteroatoms. The third kappa shape index (κ3) is 4.10. The number of ether oxygens (including phenoxy) is 1. The predicted octanol–water partition coefficient (Wildman–Crippen LogP) is 4.81. The summed E-state index contributed by atoms with van der Waals surface area (Å²) in [6.45, 7) is 0. The largest absolute Gasteiger partial charge is 0.503 e. The first kappa shape index (κ1) is 19.6. The van der Waals surface area contributed by atoms with Gasteiger partial charge in [-0.25, -0.2) is 8.42 Å². The third-order valence-electron chi connectivity index (χ3n) is 3.15. The Morgan fingerprint density at radius 1 is 1.32 bits per heavy atom. The van der Waals surface area contributed by atoms with Gasteiger partial charge in [0.2, 0.25) is 9.84 Å². The molecule has 2 rings (SSSR count). The molecule has 0 unspecified atom stereocenters. The number of hydrogen-bond acceptors (Lipinski definition) is 5. The molecule has 0 aliphatic heterocycles. The van der Waals surface area contributed by atoms with E-state index in [1.165, 1.54) is 37.4 Å². The average Bonchev–Trinajstić information content (AvgIpc) is 2.57. The highest BCUT2D eigenvalue weighted by atomic mass is 79.9. The highest BCUT2D eigenvalue weighted by Gasteiger charge is 2.24. The Morgan fingerprint density at radius 2 is 2.00 bits per heavy atom. The van der Waals surface area contributed by atoms with Gasteiger partial charge in [-0.3, -0.25) is 0 Å². The summed E-state index contributed by atoms with van der Waals surface area (Å²) in [6, 6.07) is 8.47. The Morgan fingerprint density at radius 3 is 2.60 bits per heavy atom. The lowest BCUT2D eigenvalue weighted by Crippen LogP contribution is -2.04. The van der Waals surface area contributed by atoms with Crippen LogP contribution >= 0.6 is 39.1 Å². The zero-order valence-corrected chi connectivity index (χ0v) is 16.5. The van der Waals surface area contributed by atoms with E-state index in [1.54, 1.807) is 6.07 Å². The number of phenolic OH excluding ortho intramolecular Hbond substituents is 1. The highest BCUT2D eigenvalue weighted by Crippen LogP contribution is 2.36. The van der Waals surface area contributed by atoms with Crippen LogP contribution in [0.5, 0.6) is 11.5 Å². The van der Waals surface area contributed by atoms with Crippen LogP contribution in [0.3, 0.4) is 0 Å². The molecule has 0 saturated heterocycles. The first-order valence-electron chi connectivity index (χ1n) is 6.59. The van der Waals surface area contributed by atoms with E-state index in [2.05, 4.69) is 15.9 Å². The van der Waals surface area contributed by atoms with Gasteiger partial charge in [-0.15, -0.1) is 0 Å². The van der Waals surface area contributed by atoms with Crippen LogP contribution in [-0.2, 0) is 9.84 Å². The second-order valence-corrected chi connectivity index (χ2v) is 8.34. The molecule has 0 fully saturated rings. The van der Waals surface area contributed by atoms with Crippen molar-refractivity contribution in [2.24, 2.45) is 0 Å². The standard InChI is InChI=1S/C16H10BrCl2NO4S/c1-24-14-6-9(5-12(17)16(14)21)4-11(8-20)25(22,23)15-7-10(18)2-3-13(15)19/h2-7,21H,1H3/b11-4-. The molecular formula is C16H10BrCl2NO4S. The Bertz CT molecular complexity index is 1010. The van der Waals surface area contributed by atoms with Gasteiger partial charge in [-0.05, 0) is 57.9 Å². The SMILES string of the molecule is COc1cc(/C=C(/C#N)S(=O)(=O)c2cc(Cl)ccc2Cl)cc(Br)c1O. The summed E-state index contributed by atoms with van der Waals surface area (Å²) in [5, 5.41) is 19.3. The molecule has 0 bridgehead atoms. The molecule has 0 aliphatic rings. The smallest absolute Gasteiger partial charge is 0.218 e. The van der Waals surface area contributed by atoms with E-state index in [9.17, 15) is 18.8 Å². The Hall–Kier alpha value is -1.72. The first-order chi connectivity index (χ1) is 11.7. The normalized spacial score (nSPS) is 11.9. The van der Waals surface area contributed by atoms with Crippen molar-refractivity contribution in [2.75, 3.05) is 7.11 Å². The van der Waals surface area contributed by atoms with Gasteiger partial charge < -0.3 is 9.84 Å². The Kier molecular flexibility index (Phi) is 6.01. The van der Waals surface area contributed by atoms with Crippen LogP contribution < -0.4 is 4.74 Å². The van der Waals surface area contributed by atoms with Crippen LogP contribution in [0.1, 0.15) is 5.56 Å². The topological polar surface area (TPSA) is 87.4 Å². The lowest BCUT2D eigenvalue weighted by molar-refractivity contribution is 0.372. The molecule has 0 amide bonds. The third-order valence-corrected chi connectivity index (χ3v) is 6.14. The fourth-order valence-corrected chi connectivity index (χ4v) is 4.33. The minimum Gasteiger partial charge on any atom is -0.503 e. The number of aromatic hydroxyl groups is 1. The van der Waals surface area contributed by atoms with Gasteiger partial charge in [0.05, 0.1) is 21.5 Å². The van der Waals surface area contributed by atoms with Gasteiger partial charge in [0.1, 0.15) is 11.0 Å². The van der Waals surface area contributed by atoms with E-state index in [1.807, 2.05) is 0 Å². The number of nitriles is 1. The van der Waals surface area contributed by atoms with Crippen molar-refractivity contribution in [3.63, 3.8) is 0 Å². The van der Waals surface area contributed by atoms with Gasteiger partial charge in [-0.1, -0.05) is 23.2 Å². The molecule has 2 aromatic carbocycles. The number of phenols is 1. The molecule has 0 spiro atoms. The molecule has 0 aliphatic carbocycles. The predicted molar refractivity (Wildman–Crippen MR) is 99.6 cm³/mol. The quantitative estimate of drug-likeness (QED) is 0.658. The van der Waals surface area contributed by atoms with Crippen LogP contribution in [0.15, 0.2) is 44.6 Å². The molecule has 0 radical (unpaired) electrons. The summed E-state index contributed by atoms with van der Waals surface area (Å²) >= 11 is 14.9. The fourth-order valence-electron chi connectivity index (χ4n) is 1.96. The molecule has 0 aromatic heterocycles. The number of allylic oxidation sites excluding steroid dienone is 1. The molecule has 130 valence electrons. The second kappa shape index (κ2) is 7.67. The summed E-state index contributed by atoms with van der Waals surface area (Å²) in [5.41, 5.74) is 0.333. The van der Waals surface area contributed by atoms with Gasteiger partial charge in [-0.2, -0.15) is 5.26 Å². The molecule has 0 saturated carbocycles. The number of hydrogen-bond donors (Lipinski definition) is 1. The molecule has 5 nitrogen and oxygen atoms in total. The Labute approximate surface area is 163 Å². The van der Waals surface area contributed by atoms with Gasteiger partial charge in [0.15, 0.2) is 11.5 Å². The maximum absolute atomic E-state index is 12.7. The van der Waals surface area contributed by atoms with Crippen molar-refractivity contribution in [3.8, 4) is 17.6 Å². The van der Waals surface area contributed by atoms with Crippen molar-refractivity contribution in [1.82, 2.24) is 0 Å². The average molecular weight is 463 g/mol. The van der Waals surface area contributed by atoms with Crippen LogP contribution in [0.2, 0.25) is 10.0 Å². The van der Waals surface area contributed by atoms with E-state index in [0.717, 1.165) is 6.08 Å². The van der Waals surface area contributed by atoms with Crippen molar-refractivity contribution in [1.29, 1.82) is 5.26 Å². The number of sulfone groups is 1.